The second kappa shape index (κ2) is 6.71. The molecule has 1 heterocycles. The molecule has 1 amide bonds. The fraction of sp³-hybridized carbons (Fsp3) is 0.933. The lowest BCUT2D eigenvalue weighted by molar-refractivity contribution is -0.142. The average Bonchev–Trinajstić information content (AvgIpc) is 2.40. The second-order valence-corrected chi connectivity index (χ2v) is 6.27. The van der Waals surface area contributed by atoms with Crippen LogP contribution in [-0.4, -0.2) is 49.7 Å². The van der Waals surface area contributed by atoms with Crippen LogP contribution < -0.4 is 5.32 Å². The lowest BCUT2D eigenvalue weighted by Gasteiger charge is -2.50. The van der Waals surface area contributed by atoms with Crippen LogP contribution in [-0.2, 0) is 9.53 Å². The molecule has 2 aliphatic rings. The van der Waals surface area contributed by atoms with Gasteiger partial charge in [-0.15, -0.1) is 0 Å². The van der Waals surface area contributed by atoms with Crippen molar-refractivity contribution in [2.75, 3.05) is 33.4 Å². The average molecular weight is 268 g/mol. The Kier molecular flexibility index (Phi) is 5.22. The van der Waals surface area contributed by atoms with Crippen LogP contribution in [0.25, 0.3) is 0 Å². The maximum absolute atomic E-state index is 12.6. The lowest BCUT2D eigenvalue weighted by Crippen LogP contribution is -2.63. The highest BCUT2D eigenvalue weighted by Crippen LogP contribution is 2.35. The largest absolute Gasteiger partial charge is 0.384 e. The van der Waals surface area contributed by atoms with Crippen LogP contribution in [0.15, 0.2) is 0 Å². The van der Waals surface area contributed by atoms with E-state index in [-0.39, 0.29) is 5.54 Å². The molecule has 0 radical (unpaired) electrons. The van der Waals surface area contributed by atoms with Gasteiger partial charge in [0.15, 0.2) is 0 Å². The summed E-state index contributed by atoms with van der Waals surface area (Å²) in [5.41, 5.74) is 0.111. The molecule has 110 valence electrons. The molecule has 1 saturated heterocycles. The third-order valence-electron chi connectivity index (χ3n) is 4.60. The van der Waals surface area contributed by atoms with E-state index < -0.39 is 0 Å². The molecule has 0 aromatic heterocycles. The van der Waals surface area contributed by atoms with Crippen molar-refractivity contribution >= 4 is 5.91 Å². The van der Waals surface area contributed by atoms with Gasteiger partial charge >= 0.3 is 0 Å². The molecule has 1 saturated carbocycles. The Labute approximate surface area is 116 Å². The third-order valence-corrected chi connectivity index (χ3v) is 4.60. The molecular weight excluding hydrogens is 240 g/mol. The van der Waals surface area contributed by atoms with Gasteiger partial charge in [0.05, 0.1) is 5.54 Å². The number of piperazine rings is 1. The molecule has 19 heavy (non-hydrogen) atoms. The first-order valence-electron chi connectivity index (χ1n) is 7.68. The van der Waals surface area contributed by atoms with E-state index in [0.717, 1.165) is 19.6 Å². The van der Waals surface area contributed by atoms with Crippen molar-refractivity contribution < 1.29 is 9.53 Å². The summed E-state index contributed by atoms with van der Waals surface area (Å²) in [5.74, 6) is 0.640. The highest BCUT2D eigenvalue weighted by molar-refractivity contribution is 5.77. The number of methoxy groups -OCH3 is 1. The van der Waals surface area contributed by atoms with E-state index in [2.05, 4.69) is 17.1 Å². The van der Waals surface area contributed by atoms with Crippen molar-refractivity contribution in [3.05, 3.63) is 0 Å². The van der Waals surface area contributed by atoms with E-state index >= 15 is 0 Å². The molecule has 1 aliphatic carbocycles. The molecule has 0 aromatic carbocycles. The van der Waals surface area contributed by atoms with E-state index in [0.29, 0.717) is 24.9 Å². The normalized spacial score (nSPS) is 24.4. The minimum atomic E-state index is 0.111. The number of ether oxygens (including phenoxy) is 1. The summed E-state index contributed by atoms with van der Waals surface area (Å²) < 4.78 is 5.15. The lowest BCUT2D eigenvalue weighted by atomic mass is 9.78. The van der Waals surface area contributed by atoms with Crippen molar-refractivity contribution in [1.29, 1.82) is 0 Å². The molecule has 2 fully saturated rings. The van der Waals surface area contributed by atoms with Gasteiger partial charge in [-0.3, -0.25) is 4.79 Å². The molecule has 1 spiro atoms. The predicted molar refractivity (Wildman–Crippen MR) is 76.1 cm³/mol. The van der Waals surface area contributed by atoms with Crippen molar-refractivity contribution in [3.8, 4) is 0 Å². The van der Waals surface area contributed by atoms with E-state index in [1.165, 1.54) is 32.1 Å². The summed E-state index contributed by atoms with van der Waals surface area (Å²) >= 11 is 0. The molecule has 1 unspecified atom stereocenters. The Morgan fingerprint density at radius 3 is 2.79 bits per heavy atom. The van der Waals surface area contributed by atoms with Crippen LogP contribution in [0.3, 0.4) is 0 Å². The van der Waals surface area contributed by atoms with E-state index in [4.69, 9.17) is 4.74 Å². The summed E-state index contributed by atoms with van der Waals surface area (Å²) in [5, 5.41) is 3.49. The quantitative estimate of drug-likeness (QED) is 0.845. The smallest absolute Gasteiger partial charge is 0.223 e. The van der Waals surface area contributed by atoms with Gasteiger partial charge < -0.3 is 15.0 Å². The maximum Gasteiger partial charge on any atom is 0.223 e. The highest BCUT2D eigenvalue weighted by Gasteiger charge is 2.42. The Morgan fingerprint density at radius 2 is 2.11 bits per heavy atom. The third kappa shape index (κ3) is 3.48. The zero-order chi connectivity index (χ0) is 13.7. The van der Waals surface area contributed by atoms with Gasteiger partial charge in [-0.2, -0.15) is 0 Å². The number of rotatable bonds is 4. The fourth-order valence-electron chi connectivity index (χ4n) is 3.64. The highest BCUT2D eigenvalue weighted by atomic mass is 16.5. The summed E-state index contributed by atoms with van der Waals surface area (Å²) in [7, 11) is 1.70. The predicted octanol–water partition coefficient (Wildman–Crippen LogP) is 1.79. The Balaban J connectivity index is 2.00. The molecule has 1 aliphatic heterocycles. The van der Waals surface area contributed by atoms with Crippen molar-refractivity contribution in [2.24, 2.45) is 5.92 Å². The van der Waals surface area contributed by atoms with Crippen LogP contribution in [0.4, 0.5) is 0 Å². The van der Waals surface area contributed by atoms with Gasteiger partial charge in [0.2, 0.25) is 5.91 Å². The molecule has 0 aromatic rings. The Bertz CT molecular complexity index is 292. The zero-order valence-electron chi connectivity index (χ0n) is 12.4. The van der Waals surface area contributed by atoms with Gasteiger partial charge in [-0.05, 0) is 18.8 Å². The molecule has 4 nitrogen and oxygen atoms in total. The van der Waals surface area contributed by atoms with E-state index in [9.17, 15) is 4.79 Å². The molecule has 1 N–H and O–H groups in total. The van der Waals surface area contributed by atoms with Crippen LogP contribution in [0.5, 0.6) is 0 Å². The summed E-state index contributed by atoms with van der Waals surface area (Å²) in [4.78, 5) is 14.8. The van der Waals surface area contributed by atoms with Gasteiger partial charge in [0.25, 0.3) is 0 Å². The summed E-state index contributed by atoms with van der Waals surface area (Å²) in [6, 6.07) is 0. The van der Waals surface area contributed by atoms with Gasteiger partial charge in [0, 0.05) is 39.8 Å². The summed E-state index contributed by atoms with van der Waals surface area (Å²) in [6.07, 6.45) is 6.81. The fourth-order valence-corrected chi connectivity index (χ4v) is 3.64. The molecule has 0 bridgehead atoms. The topological polar surface area (TPSA) is 41.6 Å². The summed E-state index contributed by atoms with van der Waals surface area (Å²) in [6.45, 7) is 5.56. The number of nitrogens with zero attached hydrogens (tertiary/aromatic N) is 1. The van der Waals surface area contributed by atoms with Gasteiger partial charge in [0.1, 0.15) is 0 Å². The van der Waals surface area contributed by atoms with Gasteiger partial charge in [-0.25, -0.2) is 0 Å². The van der Waals surface area contributed by atoms with Crippen molar-refractivity contribution in [1.82, 2.24) is 10.2 Å². The van der Waals surface area contributed by atoms with Crippen molar-refractivity contribution in [2.45, 2.75) is 51.0 Å². The van der Waals surface area contributed by atoms with Crippen LogP contribution in [0.2, 0.25) is 0 Å². The molecule has 1 atom stereocenters. The maximum atomic E-state index is 12.6. The minimum Gasteiger partial charge on any atom is -0.384 e. The number of carbonyl (C=O) groups is 1. The zero-order valence-corrected chi connectivity index (χ0v) is 12.4. The number of hydrogen-bond acceptors (Lipinski definition) is 3. The standard InChI is InChI=1S/C15H28N2O2/c1-13(11-19-2)10-14(18)17-9-8-16-12-15(17)6-4-3-5-7-15/h13,16H,3-12H2,1-2H3. The van der Waals surface area contributed by atoms with Gasteiger partial charge in [-0.1, -0.05) is 26.2 Å². The first-order chi connectivity index (χ1) is 9.18. The number of nitrogens with one attached hydrogen (secondary N) is 1. The minimum absolute atomic E-state index is 0.111. The SMILES string of the molecule is COCC(C)CC(=O)N1CCNCC12CCCCC2. The van der Waals surface area contributed by atoms with E-state index in [1.54, 1.807) is 7.11 Å². The first-order valence-corrected chi connectivity index (χ1v) is 7.68. The Hall–Kier alpha value is -0.610. The first kappa shape index (κ1) is 14.8. The number of carbonyl (C=O) groups excluding carboxylic acids is 1. The molecule has 2 rings (SSSR count). The van der Waals surface area contributed by atoms with Crippen LogP contribution in [0, 0.1) is 5.92 Å². The second-order valence-electron chi connectivity index (χ2n) is 6.27. The number of hydrogen-bond donors (Lipinski definition) is 1. The van der Waals surface area contributed by atoms with E-state index in [1.807, 2.05) is 0 Å². The Morgan fingerprint density at radius 1 is 1.37 bits per heavy atom. The molecular formula is C15H28N2O2. The monoisotopic (exact) mass is 268 g/mol. The van der Waals surface area contributed by atoms with Crippen LogP contribution >= 0.6 is 0 Å². The number of amides is 1. The molecule has 4 heteroatoms. The van der Waals surface area contributed by atoms with Crippen molar-refractivity contribution in [3.63, 3.8) is 0 Å². The van der Waals surface area contributed by atoms with Crippen LogP contribution in [0.1, 0.15) is 45.4 Å².